The number of hydrogen-bond donors (Lipinski definition) is 4. The van der Waals surface area contributed by atoms with E-state index in [0.29, 0.717) is 60.5 Å². The molecule has 41 heavy (non-hydrogen) atoms. The van der Waals surface area contributed by atoms with Gasteiger partial charge in [-0.2, -0.15) is 4.98 Å². The average molecular weight is 573 g/mol. The van der Waals surface area contributed by atoms with Gasteiger partial charge >= 0.3 is 6.03 Å². The van der Waals surface area contributed by atoms with Crippen LogP contribution in [-0.4, -0.2) is 51.1 Å². The summed E-state index contributed by atoms with van der Waals surface area (Å²) >= 11 is 6.38. The van der Waals surface area contributed by atoms with Crippen molar-refractivity contribution in [1.82, 2.24) is 25.3 Å². The summed E-state index contributed by atoms with van der Waals surface area (Å²) in [6.07, 6.45) is 5.80. The number of nitrogens with zero attached hydrogens (tertiary/aromatic N) is 4. The molecule has 0 atom stereocenters. The highest BCUT2D eigenvalue weighted by Gasteiger charge is 2.27. The number of aromatic nitrogens is 3. The van der Waals surface area contributed by atoms with Crippen LogP contribution in [0.25, 0.3) is 0 Å². The van der Waals surface area contributed by atoms with Crippen molar-refractivity contribution in [1.29, 1.82) is 0 Å². The molecular weight excluding hydrogens is 544 g/mol. The molecule has 4 heterocycles. The number of benzene rings is 2. The summed E-state index contributed by atoms with van der Waals surface area (Å²) in [5.41, 5.74) is 4.98. The molecule has 12 heteroatoms. The van der Waals surface area contributed by atoms with Crippen LogP contribution in [0.1, 0.15) is 40.1 Å². The lowest BCUT2D eigenvalue weighted by Gasteiger charge is -2.32. The van der Waals surface area contributed by atoms with Crippen molar-refractivity contribution < 1.29 is 14.1 Å². The van der Waals surface area contributed by atoms with Crippen molar-refractivity contribution in [3.63, 3.8) is 0 Å². The first kappa shape index (κ1) is 26.6. The lowest BCUT2D eigenvalue weighted by Crippen LogP contribution is -2.47. The van der Waals surface area contributed by atoms with Crippen molar-refractivity contribution in [2.75, 3.05) is 29.0 Å². The van der Waals surface area contributed by atoms with Crippen LogP contribution in [0.2, 0.25) is 5.02 Å². The van der Waals surface area contributed by atoms with Crippen LogP contribution in [0.4, 0.5) is 33.6 Å². The number of aryl methyl sites for hydroxylation is 3. The Bertz CT molecular complexity index is 1600. The second kappa shape index (κ2) is 11.5. The lowest BCUT2D eigenvalue weighted by molar-refractivity contribution is 0.0707. The maximum Gasteiger partial charge on any atom is 0.319 e. The number of anilines is 5. The van der Waals surface area contributed by atoms with Crippen LogP contribution < -0.4 is 21.3 Å². The zero-order valence-corrected chi connectivity index (χ0v) is 23.2. The molecule has 0 aliphatic carbocycles. The number of hydrogen-bond acceptors (Lipinski definition) is 8. The Hall–Kier alpha value is -4.64. The van der Waals surface area contributed by atoms with Gasteiger partial charge in [-0.25, -0.2) is 9.78 Å². The molecule has 210 valence electrons. The minimum Gasteiger partial charge on any atom is -0.361 e. The minimum absolute atomic E-state index is 0.0436. The summed E-state index contributed by atoms with van der Waals surface area (Å²) in [6, 6.07) is 13.5. The van der Waals surface area contributed by atoms with Gasteiger partial charge in [0.2, 0.25) is 5.95 Å². The maximum absolute atomic E-state index is 13.0. The molecule has 6 rings (SSSR count). The molecule has 2 aliphatic heterocycles. The summed E-state index contributed by atoms with van der Waals surface area (Å²) in [6.45, 7) is 2.81. The van der Waals surface area contributed by atoms with E-state index in [-0.39, 0.29) is 18.0 Å². The fraction of sp³-hybridized carbons (Fsp3) is 0.276. The number of halogens is 1. The molecule has 3 amide bonds. The second-order valence-electron chi connectivity index (χ2n) is 10.2. The molecular formula is C29H29ClN8O3. The topological polar surface area (TPSA) is 137 Å². The van der Waals surface area contributed by atoms with Crippen molar-refractivity contribution >= 4 is 52.4 Å². The number of amides is 3. The predicted molar refractivity (Wildman–Crippen MR) is 156 cm³/mol. The Labute approximate surface area is 241 Å². The maximum atomic E-state index is 13.0. The van der Waals surface area contributed by atoms with Gasteiger partial charge in [0.05, 0.1) is 12.4 Å². The van der Waals surface area contributed by atoms with Crippen LogP contribution in [0, 0.1) is 6.92 Å². The van der Waals surface area contributed by atoms with Gasteiger partial charge in [0, 0.05) is 36.2 Å². The monoisotopic (exact) mass is 572 g/mol. The summed E-state index contributed by atoms with van der Waals surface area (Å²) in [5, 5.41) is 16.7. The zero-order valence-electron chi connectivity index (χ0n) is 22.4. The molecule has 0 unspecified atom stereocenters. The number of urea groups is 1. The molecule has 0 spiro atoms. The lowest BCUT2D eigenvalue weighted by atomic mass is 10.0. The summed E-state index contributed by atoms with van der Waals surface area (Å²) < 4.78 is 5.03. The quantitative estimate of drug-likeness (QED) is 0.255. The molecule has 4 aromatic rings. The number of nitrogens with one attached hydrogen (secondary N) is 4. The molecule has 6 bridgehead atoms. The number of fused-ring (bicyclic) bond motifs is 6. The Morgan fingerprint density at radius 1 is 1.05 bits per heavy atom. The van der Waals surface area contributed by atoms with Gasteiger partial charge in [0.25, 0.3) is 5.91 Å². The van der Waals surface area contributed by atoms with Gasteiger partial charge in [-0.15, -0.1) is 0 Å². The SMILES string of the molecule is Cc1oncc1C(=O)N1CCC(NC(=O)Nc2ccc3cc2CCc2cccc(c2)Nc2ncc(Cl)c(n2)N3)CC1. The van der Waals surface area contributed by atoms with E-state index in [1.165, 1.54) is 6.20 Å². The van der Waals surface area contributed by atoms with Crippen LogP contribution in [-0.2, 0) is 12.8 Å². The van der Waals surface area contributed by atoms with E-state index in [0.717, 1.165) is 34.6 Å². The number of carbonyl (C=O) groups is 2. The van der Waals surface area contributed by atoms with Gasteiger partial charge in [-0.05, 0) is 74.1 Å². The minimum atomic E-state index is -0.279. The van der Waals surface area contributed by atoms with Gasteiger partial charge in [-0.3, -0.25) is 4.79 Å². The van der Waals surface area contributed by atoms with E-state index >= 15 is 0 Å². The second-order valence-corrected chi connectivity index (χ2v) is 10.6. The van der Waals surface area contributed by atoms with Crippen molar-refractivity contribution in [2.45, 2.75) is 38.6 Å². The molecule has 2 aromatic heterocycles. The molecule has 1 fully saturated rings. The van der Waals surface area contributed by atoms with Gasteiger partial charge in [0.1, 0.15) is 16.3 Å². The normalized spacial score (nSPS) is 14.9. The van der Waals surface area contributed by atoms with E-state index < -0.39 is 0 Å². The third kappa shape index (κ3) is 6.09. The first-order valence-corrected chi connectivity index (χ1v) is 13.9. The molecule has 1 saturated heterocycles. The largest absolute Gasteiger partial charge is 0.361 e. The first-order chi connectivity index (χ1) is 19.9. The van der Waals surface area contributed by atoms with Gasteiger partial charge in [0.15, 0.2) is 5.82 Å². The van der Waals surface area contributed by atoms with E-state index in [1.807, 2.05) is 30.3 Å². The highest BCUT2D eigenvalue weighted by atomic mass is 35.5. The molecule has 4 N–H and O–H groups in total. The Morgan fingerprint density at radius 2 is 1.88 bits per heavy atom. The van der Waals surface area contributed by atoms with Crippen molar-refractivity contribution in [2.24, 2.45) is 0 Å². The summed E-state index contributed by atoms with van der Waals surface area (Å²) in [5.74, 6) is 1.33. The number of likely N-dealkylation sites (tertiary alicyclic amines) is 1. The van der Waals surface area contributed by atoms with Gasteiger partial charge < -0.3 is 30.7 Å². The summed E-state index contributed by atoms with van der Waals surface area (Å²) in [7, 11) is 0. The van der Waals surface area contributed by atoms with Crippen LogP contribution in [0.5, 0.6) is 0 Å². The van der Waals surface area contributed by atoms with Crippen molar-refractivity contribution in [3.8, 4) is 0 Å². The third-order valence-corrected chi connectivity index (χ3v) is 7.60. The molecule has 2 aliphatic rings. The van der Waals surface area contributed by atoms with Crippen molar-refractivity contribution in [3.05, 3.63) is 82.3 Å². The highest BCUT2D eigenvalue weighted by molar-refractivity contribution is 6.32. The van der Waals surface area contributed by atoms with E-state index in [1.54, 1.807) is 18.0 Å². The molecule has 2 aromatic carbocycles. The Kier molecular flexibility index (Phi) is 7.43. The fourth-order valence-electron chi connectivity index (χ4n) is 5.11. The zero-order chi connectivity index (χ0) is 28.3. The number of carbonyl (C=O) groups excluding carboxylic acids is 2. The molecule has 0 radical (unpaired) electrons. The van der Waals surface area contributed by atoms with Crippen LogP contribution in [0.3, 0.4) is 0 Å². The van der Waals surface area contributed by atoms with Gasteiger partial charge in [-0.1, -0.05) is 28.9 Å². The fourth-order valence-corrected chi connectivity index (χ4v) is 5.25. The summed E-state index contributed by atoms with van der Waals surface area (Å²) in [4.78, 5) is 36.4. The average Bonchev–Trinajstić information content (AvgIpc) is 3.40. The smallest absolute Gasteiger partial charge is 0.319 e. The van der Waals surface area contributed by atoms with Crippen LogP contribution in [0.15, 0.2) is 59.4 Å². The predicted octanol–water partition coefficient (Wildman–Crippen LogP) is 5.44. The molecule has 11 nitrogen and oxygen atoms in total. The first-order valence-electron chi connectivity index (χ1n) is 13.5. The molecule has 0 saturated carbocycles. The Morgan fingerprint density at radius 3 is 2.68 bits per heavy atom. The van der Waals surface area contributed by atoms with E-state index in [9.17, 15) is 9.59 Å². The highest BCUT2D eigenvalue weighted by Crippen LogP contribution is 2.29. The van der Waals surface area contributed by atoms with Crippen LogP contribution >= 0.6 is 11.6 Å². The number of piperidine rings is 1. The standard InChI is InChI=1S/C29H29ClN8O3/c1-17-23(15-32-41-17)27(39)38-11-9-20(10-12-38)35-29(40)36-25-8-7-22-14-19(25)6-5-18-3-2-4-21(13-18)34-28-31-16-24(30)26(33-22)37-28/h2-4,7-8,13-16,20H,5-6,9-12H2,1H3,(H2,35,36,40)(H2,31,33,34,37). The number of rotatable bonds is 3. The van der Waals surface area contributed by atoms with E-state index in [2.05, 4.69) is 48.5 Å². The Balaban J connectivity index is 1.14. The third-order valence-electron chi connectivity index (χ3n) is 7.32. The van der Waals surface area contributed by atoms with E-state index in [4.69, 9.17) is 16.1 Å².